The van der Waals surface area contributed by atoms with Gasteiger partial charge in [-0.2, -0.15) is 0 Å². The van der Waals surface area contributed by atoms with Gasteiger partial charge in [0.05, 0.1) is 5.56 Å². The number of carbonyl (C=O) groups excluding carboxylic acids is 1. The second-order valence-corrected chi connectivity index (χ2v) is 6.16. The zero-order valence-corrected chi connectivity index (χ0v) is 11.1. The smallest absolute Gasteiger partial charge is 0.255 e. The summed E-state index contributed by atoms with van der Waals surface area (Å²) in [5, 5.41) is 10.3. The molecule has 0 radical (unpaired) electrons. The molecule has 4 nitrogen and oxygen atoms in total. The number of fused-ring (bicyclic) bond motifs is 3. The maximum atomic E-state index is 12.4. The topological polar surface area (TPSA) is 53.2 Å². The van der Waals surface area contributed by atoms with Gasteiger partial charge in [0.1, 0.15) is 5.66 Å². The molecule has 2 heterocycles. The summed E-state index contributed by atoms with van der Waals surface area (Å²) in [5.41, 5.74) is 2.66. The van der Waals surface area contributed by atoms with E-state index in [9.17, 15) is 4.79 Å². The number of rotatable bonds is 0. The van der Waals surface area contributed by atoms with Crippen LogP contribution in [0.3, 0.4) is 0 Å². The molecule has 1 amide bonds. The fourth-order valence-corrected chi connectivity index (χ4v) is 4.02. The molecule has 4 heteroatoms. The van der Waals surface area contributed by atoms with Crippen LogP contribution in [-0.4, -0.2) is 24.7 Å². The molecule has 0 unspecified atom stereocenters. The van der Waals surface area contributed by atoms with Gasteiger partial charge in [-0.1, -0.05) is 11.6 Å². The Kier molecular flexibility index (Phi) is 2.22. The quantitative estimate of drug-likeness (QED) is 0.660. The SMILES string of the molecule is Cc1ccc2c(c1)C(=O)N[C@]1(CC[C@H]3CNC[C@H]31)N2. The van der Waals surface area contributed by atoms with E-state index in [1.165, 1.54) is 6.42 Å². The minimum atomic E-state index is -0.229. The highest BCUT2D eigenvalue weighted by molar-refractivity contribution is 6.02. The van der Waals surface area contributed by atoms with Gasteiger partial charge in [-0.3, -0.25) is 4.79 Å². The maximum Gasteiger partial charge on any atom is 0.255 e. The Labute approximate surface area is 113 Å². The Morgan fingerprint density at radius 1 is 1.26 bits per heavy atom. The fraction of sp³-hybridized carbons (Fsp3) is 0.533. The van der Waals surface area contributed by atoms with Gasteiger partial charge in [-0.15, -0.1) is 0 Å². The molecule has 0 bridgehead atoms. The van der Waals surface area contributed by atoms with Crippen molar-refractivity contribution >= 4 is 11.6 Å². The average molecular weight is 257 g/mol. The lowest BCUT2D eigenvalue weighted by atomic mass is 9.89. The van der Waals surface area contributed by atoms with Crippen LogP contribution in [0.15, 0.2) is 18.2 Å². The number of carbonyl (C=O) groups is 1. The Bertz CT molecular complexity index is 556. The van der Waals surface area contributed by atoms with E-state index < -0.39 is 0 Å². The second kappa shape index (κ2) is 3.73. The molecule has 4 rings (SSSR count). The van der Waals surface area contributed by atoms with Crippen molar-refractivity contribution in [3.05, 3.63) is 29.3 Å². The summed E-state index contributed by atoms with van der Waals surface area (Å²) in [6.07, 6.45) is 2.22. The summed E-state index contributed by atoms with van der Waals surface area (Å²) in [5.74, 6) is 1.27. The highest BCUT2D eigenvalue weighted by Gasteiger charge is 2.53. The van der Waals surface area contributed by atoms with Crippen molar-refractivity contribution in [2.24, 2.45) is 11.8 Å². The van der Waals surface area contributed by atoms with Crippen molar-refractivity contribution in [3.63, 3.8) is 0 Å². The third-order valence-corrected chi connectivity index (χ3v) is 5.00. The summed E-state index contributed by atoms with van der Waals surface area (Å²) in [6.45, 7) is 4.11. The predicted molar refractivity (Wildman–Crippen MR) is 74.1 cm³/mol. The van der Waals surface area contributed by atoms with Crippen LogP contribution in [0.25, 0.3) is 0 Å². The van der Waals surface area contributed by atoms with Gasteiger partial charge < -0.3 is 16.0 Å². The molecule has 0 aromatic heterocycles. The highest BCUT2D eigenvalue weighted by atomic mass is 16.2. The van der Waals surface area contributed by atoms with Gasteiger partial charge >= 0.3 is 0 Å². The summed E-state index contributed by atoms with van der Waals surface area (Å²) in [7, 11) is 0. The van der Waals surface area contributed by atoms with Gasteiger partial charge in [-0.05, 0) is 44.4 Å². The Balaban J connectivity index is 1.75. The van der Waals surface area contributed by atoms with Crippen LogP contribution in [0, 0.1) is 18.8 Å². The molecular formula is C15H19N3O. The van der Waals surface area contributed by atoms with Crippen LogP contribution in [0.5, 0.6) is 0 Å². The molecule has 1 saturated heterocycles. The normalized spacial score (nSPS) is 35.7. The van der Waals surface area contributed by atoms with Gasteiger partial charge in [0.25, 0.3) is 5.91 Å². The largest absolute Gasteiger partial charge is 0.362 e. The Hall–Kier alpha value is -1.55. The summed E-state index contributed by atoms with van der Waals surface area (Å²) in [4.78, 5) is 12.4. The first kappa shape index (κ1) is 11.3. The molecule has 3 atom stereocenters. The van der Waals surface area contributed by atoms with Crippen LogP contribution >= 0.6 is 0 Å². The lowest BCUT2D eigenvalue weighted by Crippen LogP contribution is -2.60. The van der Waals surface area contributed by atoms with E-state index in [1.807, 2.05) is 19.1 Å². The molecule has 2 aliphatic heterocycles. The first-order valence-electron chi connectivity index (χ1n) is 7.10. The Morgan fingerprint density at radius 2 is 2.16 bits per heavy atom. The number of aryl methyl sites for hydroxylation is 1. The van der Waals surface area contributed by atoms with E-state index in [2.05, 4.69) is 22.0 Å². The van der Waals surface area contributed by atoms with Gasteiger partial charge in [0, 0.05) is 18.2 Å². The van der Waals surface area contributed by atoms with Crippen LogP contribution < -0.4 is 16.0 Å². The number of benzene rings is 1. The van der Waals surface area contributed by atoms with Crippen molar-refractivity contribution in [3.8, 4) is 0 Å². The number of hydrogen-bond acceptors (Lipinski definition) is 3. The summed E-state index contributed by atoms with van der Waals surface area (Å²) in [6, 6.07) is 6.07. The molecule has 1 saturated carbocycles. The van der Waals surface area contributed by atoms with Crippen LogP contribution in [0.1, 0.15) is 28.8 Å². The third-order valence-electron chi connectivity index (χ3n) is 5.00. The van der Waals surface area contributed by atoms with Crippen molar-refractivity contribution in [1.82, 2.24) is 10.6 Å². The lowest BCUT2D eigenvalue weighted by Gasteiger charge is -2.41. The van der Waals surface area contributed by atoms with Crippen LogP contribution in [0.2, 0.25) is 0 Å². The molecule has 2 fully saturated rings. The van der Waals surface area contributed by atoms with Crippen molar-refractivity contribution < 1.29 is 4.79 Å². The van der Waals surface area contributed by atoms with Crippen LogP contribution in [-0.2, 0) is 0 Å². The first-order valence-corrected chi connectivity index (χ1v) is 7.10. The van der Waals surface area contributed by atoms with E-state index in [1.54, 1.807) is 0 Å². The molecule has 1 aromatic carbocycles. The molecule has 3 N–H and O–H groups in total. The first-order chi connectivity index (χ1) is 9.18. The van der Waals surface area contributed by atoms with Gasteiger partial charge in [0.2, 0.25) is 0 Å². The van der Waals surface area contributed by atoms with Crippen LogP contribution in [0.4, 0.5) is 5.69 Å². The number of anilines is 1. The number of hydrogen-bond donors (Lipinski definition) is 3. The summed E-state index contributed by atoms with van der Waals surface area (Å²) >= 11 is 0. The zero-order chi connectivity index (χ0) is 13.0. The average Bonchev–Trinajstić information content (AvgIpc) is 2.96. The molecule has 1 aliphatic carbocycles. The molecular weight excluding hydrogens is 238 g/mol. The summed E-state index contributed by atoms with van der Waals surface area (Å²) < 4.78 is 0. The third kappa shape index (κ3) is 1.53. The minimum Gasteiger partial charge on any atom is -0.362 e. The van der Waals surface area contributed by atoms with E-state index in [4.69, 9.17) is 0 Å². The maximum absolute atomic E-state index is 12.4. The lowest BCUT2D eigenvalue weighted by molar-refractivity contribution is 0.0877. The molecule has 1 aromatic rings. The molecule has 1 spiro atoms. The number of nitrogens with one attached hydrogen (secondary N) is 3. The number of amides is 1. The van der Waals surface area contributed by atoms with Crippen molar-refractivity contribution in [1.29, 1.82) is 0 Å². The molecule has 19 heavy (non-hydrogen) atoms. The van der Waals surface area contributed by atoms with Gasteiger partial charge in [0.15, 0.2) is 0 Å². The van der Waals surface area contributed by atoms with E-state index in [-0.39, 0.29) is 11.6 Å². The molecule has 100 valence electrons. The molecule has 3 aliphatic rings. The fourth-order valence-electron chi connectivity index (χ4n) is 4.02. The van der Waals surface area contributed by atoms with E-state index in [0.717, 1.165) is 36.3 Å². The standard InChI is InChI=1S/C15H19N3O/c1-9-2-3-13-11(6-9)14(19)18-15(17-13)5-4-10-7-16-8-12(10)15/h2-3,6,10,12,16-17H,4-5,7-8H2,1H3,(H,18,19)/t10-,12+,15-/m0/s1. The predicted octanol–water partition coefficient (Wildman–Crippen LogP) is 1.48. The zero-order valence-electron chi connectivity index (χ0n) is 11.1. The van der Waals surface area contributed by atoms with Crippen molar-refractivity contribution in [2.45, 2.75) is 25.4 Å². The monoisotopic (exact) mass is 257 g/mol. The highest BCUT2D eigenvalue weighted by Crippen LogP contribution is 2.44. The van der Waals surface area contributed by atoms with Gasteiger partial charge in [-0.25, -0.2) is 0 Å². The van der Waals surface area contributed by atoms with E-state index in [0.29, 0.717) is 11.8 Å². The van der Waals surface area contributed by atoms with E-state index >= 15 is 0 Å². The second-order valence-electron chi connectivity index (χ2n) is 6.16. The Morgan fingerprint density at radius 3 is 3.05 bits per heavy atom. The minimum absolute atomic E-state index is 0.0741. The van der Waals surface area contributed by atoms with Crippen molar-refractivity contribution in [2.75, 3.05) is 18.4 Å².